The van der Waals surface area contributed by atoms with Crippen LogP contribution >= 0.6 is 0 Å². The van der Waals surface area contributed by atoms with Gasteiger partial charge in [-0.15, -0.1) is 0 Å². The number of rotatable bonds is 8. The molecule has 2 aliphatic rings. The van der Waals surface area contributed by atoms with Crippen LogP contribution in [0.5, 0.6) is 0 Å². The molecule has 1 atom stereocenters. The van der Waals surface area contributed by atoms with Crippen LogP contribution in [-0.2, 0) is 9.53 Å². The summed E-state index contributed by atoms with van der Waals surface area (Å²) >= 11 is 0. The zero-order valence-electron chi connectivity index (χ0n) is 18.9. The number of hydrogen-bond donors (Lipinski definition) is 2. The number of nitrogens with one attached hydrogen (secondary N) is 1. The van der Waals surface area contributed by atoms with Gasteiger partial charge in [0.05, 0.1) is 12.1 Å². The Labute approximate surface area is 176 Å². The fraction of sp³-hybridized carbons (Fsp3) is 0.826. The first kappa shape index (κ1) is 23.7. The largest absolute Gasteiger partial charge is 0.465 e. The Hall–Kier alpha value is -1.56. The lowest BCUT2D eigenvalue weighted by Crippen LogP contribution is -2.55. The van der Waals surface area contributed by atoms with Crippen LogP contribution in [0.3, 0.4) is 0 Å². The number of amides is 2. The smallest absolute Gasteiger partial charge is 0.410 e. The number of carboxylic acid groups (broad SMARTS) is 1. The third-order valence-electron chi connectivity index (χ3n) is 6.34. The van der Waals surface area contributed by atoms with Gasteiger partial charge in [0.1, 0.15) is 5.72 Å². The molecule has 1 aliphatic carbocycles. The van der Waals surface area contributed by atoms with E-state index in [1.807, 2.05) is 19.9 Å². The molecule has 2 fully saturated rings. The highest BCUT2D eigenvalue weighted by molar-refractivity contribution is 5.94. The second kappa shape index (κ2) is 9.96. The number of ether oxygens (including phenoxy) is 1. The third kappa shape index (κ3) is 5.74. The van der Waals surface area contributed by atoms with Crippen LogP contribution in [0.25, 0.3) is 0 Å². The zero-order valence-corrected chi connectivity index (χ0v) is 18.9. The quantitative estimate of drug-likeness (QED) is 0.440. The van der Waals surface area contributed by atoms with Gasteiger partial charge in [-0.3, -0.25) is 9.69 Å². The first-order valence-electron chi connectivity index (χ1n) is 11.3. The van der Waals surface area contributed by atoms with Crippen molar-refractivity contribution in [3.05, 3.63) is 11.6 Å². The Morgan fingerprint density at radius 1 is 1.24 bits per heavy atom. The summed E-state index contributed by atoms with van der Waals surface area (Å²) in [4.78, 5) is 26.7. The summed E-state index contributed by atoms with van der Waals surface area (Å²) in [6.45, 7) is 10.6. The van der Waals surface area contributed by atoms with Crippen molar-refractivity contribution in [3.63, 3.8) is 0 Å². The van der Waals surface area contributed by atoms with E-state index in [4.69, 9.17) is 4.74 Å². The van der Waals surface area contributed by atoms with Gasteiger partial charge in [-0.2, -0.15) is 0 Å². The Balaban J connectivity index is 2.43. The van der Waals surface area contributed by atoms with Gasteiger partial charge in [0.25, 0.3) is 0 Å². The minimum atomic E-state index is -0.992. The van der Waals surface area contributed by atoms with E-state index in [2.05, 4.69) is 12.2 Å². The zero-order chi connectivity index (χ0) is 21.7. The van der Waals surface area contributed by atoms with Crippen molar-refractivity contribution in [2.75, 3.05) is 13.2 Å². The molecule has 6 heteroatoms. The summed E-state index contributed by atoms with van der Waals surface area (Å²) in [5.74, 6) is 0.363. The minimum Gasteiger partial charge on any atom is -0.465 e. The first-order chi connectivity index (χ1) is 13.6. The topological polar surface area (TPSA) is 78.9 Å². The molecule has 0 aromatic carbocycles. The molecule has 1 saturated carbocycles. The summed E-state index contributed by atoms with van der Waals surface area (Å²) in [5.41, 5.74) is -1.07. The van der Waals surface area contributed by atoms with Gasteiger partial charge in [0.2, 0.25) is 5.91 Å². The Bertz CT molecular complexity index is 608. The summed E-state index contributed by atoms with van der Waals surface area (Å²) < 4.78 is 6.00. The van der Waals surface area contributed by atoms with Gasteiger partial charge in [0.15, 0.2) is 0 Å². The molecule has 166 valence electrons. The molecule has 0 radical (unpaired) electrons. The highest BCUT2D eigenvalue weighted by Gasteiger charge is 2.54. The molecule has 2 N–H and O–H groups in total. The van der Waals surface area contributed by atoms with Crippen molar-refractivity contribution in [1.29, 1.82) is 0 Å². The van der Waals surface area contributed by atoms with E-state index < -0.39 is 17.4 Å². The maximum atomic E-state index is 12.9. The Morgan fingerprint density at radius 2 is 1.90 bits per heavy atom. The summed E-state index contributed by atoms with van der Waals surface area (Å²) in [5, 5.41) is 13.1. The molecule has 1 saturated heterocycles. The molecule has 6 nitrogen and oxygen atoms in total. The summed E-state index contributed by atoms with van der Waals surface area (Å²) in [6.07, 6.45) is 9.45. The predicted molar refractivity (Wildman–Crippen MR) is 115 cm³/mol. The lowest BCUT2D eigenvalue weighted by atomic mass is 9.77. The van der Waals surface area contributed by atoms with Gasteiger partial charge in [0, 0.05) is 12.1 Å². The van der Waals surface area contributed by atoms with Gasteiger partial charge in [-0.1, -0.05) is 59.3 Å². The van der Waals surface area contributed by atoms with Crippen molar-refractivity contribution in [1.82, 2.24) is 10.2 Å². The van der Waals surface area contributed by atoms with E-state index in [0.717, 1.165) is 25.7 Å². The number of carbonyl (C=O) groups excluding carboxylic acids is 1. The fourth-order valence-corrected chi connectivity index (χ4v) is 4.86. The monoisotopic (exact) mass is 408 g/mol. The molecular weight excluding hydrogens is 368 g/mol. The summed E-state index contributed by atoms with van der Waals surface area (Å²) in [7, 11) is 0. The highest BCUT2D eigenvalue weighted by atomic mass is 16.5. The number of unbranched alkanes of at least 4 members (excludes halogenated alkanes) is 1. The van der Waals surface area contributed by atoms with Crippen LogP contribution in [0.4, 0.5) is 4.79 Å². The molecule has 0 aromatic heterocycles. The second-order valence-electron chi connectivity index (χ2n) is 9.53. The average molecular weight is 409 g/mol. The first-order valence-corrected chi connectivity index (χ1v) is 11.3. The van der Waals surface area contributed by atoms with E-state index in [9.17, 15) is 14.7 Å². The normalized spacial score (nSPS) is 25.4. The van der Waals surface area contributed by atoms with Crippen LogP contribution in [0, 0.1) is 11.8 Å². The van der Waals surface area contributed by atoms with Crippen LogP contribution in [0.1, 0.15) is 86.0 Å². The SMILES string of the molecule is CCCCNC(=O)C(=CC1(CC2CCCCC2)COC(C)(C)N1C(=O)O)C(C)C. The maximum absolute atomic E-state index is 12.9. The van der Waals surface area contributed by atoms with E-state index >= 15 is 0 Å². The van der Waals surface area contributed by atoms with Crippen LogP contribution in [-0.4, -0.2) is 46.4 Å². The third-order valence-corrected chi connectivity index (χ3v) is 6.34. The molecule has 2 amide bonds. The molecule has 1 heterocycles. The van der Waals surface area contributed by atoms with E-state index in [-0.39, 0.29) is 11.8 Å². The minimum absolute atomic E-state index is 0.000727. The van der Waals surface area contributed by atoms with Crippen molar-refractivity contribution >= 4 is 12.0 Å². The molecule has 1 aliphatic heterocycles. The molecule has 29 heavy (non-hydrogen) atoms. The van der Waals surface area contributed by atoms with Crippen molar-refractivity contribution in [2.45, 2.75) is 97.2 Å². The predicted octanol–water partition coefficient (Wildman–Crippen LogP) is 4.94. The van der Waals surface area contributed by atoms with Crippen molar-refractivity contribution < 1.29 is 19.4 Å². The van der Waals surface area contributed by atoms with Gasteiger partial charge in [-0.25, -0.2) is 4.79 Å². The van der Waals surface area contributed by atoms with Gasteiger partial charge >= 0.3 is 6.09 Å². The second-order valence-corrected chi connectivity index (χ2v) is 9.53. The summed E-state index contributed by atoms with van der Waals surface area (Å²) in [6, 6.07) is 0. The van der Waals surface area contributed by atoms with Crippen molar-refractivity contribution in [3.8, 4) is 0 Å². The Kier molecular flexibility index (Phi) is 8.15. The standard InChI is InChI=1S/C23H40N2O4/c1-6-7-13-24-20(26)19(17(2)3)15-23(14-18-11-9-8-10-12-18)16-29-22(4,5)25(23)21(27)28/h15,17-18H,6-14,16H2,1-5H3,(H,24,26)(H,27,28). The number of carbonyl (C=O) groups is 2. The average Bonchev–Trinajstić information content (AvgIpc) is 2.91. The fourth-order valence-electron chi connectivity index (χ4n) is 4.86. The number of hydrogen-bond acceptors (Lipinski definition) is 3. The van der Waals surface area contributed by atoms with E-state index in [1.54, 1.807) is 13.8 Å². The van der Waals surface area contributed by atoms with E-state index in [0.29, 0.717) is 31.1 Å². The molecule has 0 aromatic rings. The lowest BCUT2D eigenvalue weighted by Gasteiger charge is -2.41. The van der Waals surface area contributed by atoms with Gasteiger partial charge < -0.3 is 15.2 Å². The molecule has 1 unspecified atom stereocenters. The lowest BCUT2D eigenvalue weighted by molar-refractivity contribution is -0.118. The molecule has 2 rings (SSSR count). The molecule has 0 bridgehead atoms. The highest BCUT2D eigenvalue weighted by Crippen LogP contribution is 2.43. The molecule has 0 spiro atoms. The maximum Gasteiger partial charge on any atom is 0.410 e. The van der Waals surface area contributed by atoms with E-state index in [1.165, 1.54) is 24.2 Å². The van der Waals surface area contributed by atoms with Gasteiger partial charge in [-0.05, 0) is 44.6 Å². The van der Waals surface area contributed by atoms with Crippen LogP contribution in [0.2, 0.25) is 0 Å². The van der Waals surface area contributed by atoms with Crippen LogP contribution < -0.4 is 5.32 Å². The molecular formula is C23H40N2O4. The Morgan fingerprint density at radius 3 is 2.45 bits per heavy atom. The van der Waals surface area contributed by atoms with Crippen LogP contribution in [0.15, 0.2) is 11.6 Å². The number of nitrogens with zero attached hydrogens (tertiary/aromatic N) is 1. The van der Waals surface area contributed by atoms with Crippen molar-refractivity contribution in [2.24, 2.45) is 11.8 Å².